The van der Waals surface area contributed by atoms with Crippen LogP contribution in [-0.4, -0.2) is 274 Å². The molecule has 1 saturated heterocycles. The molecule has 6 rings (SSSR count). The molecule has 25 nitrogen and oxygen atoms in total. The molecule has 4 aliphatic carbocycles. The van der Waals surface area contributed by atoms with E-state index < -0.39 is 103 Å². The molecule has 5 aliphatic rings. The Morgan fingerprint density at radius 2 is 0.612 bits per heavy atom. The third-order valence-corrected chi connectivity index (χ3v) is 79.5. The van der Waals surface area contributed by atoms with Gasteiger partial charge in [0.15, 0.2) is 0 Å². The van der Waals surface area contributed by atoms with E-state index in [0.29, 0.717) is 169 Å². The number of allylic oxidation sites excluding steroid dienone is 9. The lowest BCUT2D eigenvalue weighted by Crippen LogP contribution is -2.60. The monoisotopic (exact) mass is 2310 g/mol. The van der Waals surface area contributed by atoms with E-state index in [0.717, 1.165) is 83.3 Å². The highest BCUT2D eigenvalue weighted by molar-refractivity contribution is 6.93. The molecule has 892 valence electrons. The Hall–Kier alpha value is -0.477. The molecular weight excluding hydrogens is 2060 g/mol. The van der Waals surface area contributed by atoms with Crippen LogP contribution in [0, 0.1) is 11.8 Å². The van der Waals surface area contributed by atoms with Gasteiger partial charge in [-0.15, -0.1) is 6.58 Å². The molecule has 3 atom stereocenters. The van der Waals surface area contributed by atoms with Gasteiger partial charge in [-0.05, 0) is 285 Å². The van der Waals surface area contributed by atoms with Crippen molar-refractivity contribution < 1.29 is 111 Å². The molecule has 1 heterocycles. The molecule has 0 radical (unpaired) electrons. The number of benzene rings is 1. The molecule has 0 spiro atoms. The van der Waals surface area contributed by atoms with Crippen molar-refractivity contribution in [1.29, 1.82) is 0 Å². The van der Waals surface area contributed by atoms with Gasteiger partial charge in [-0.25, -0.2) is 0 Å². The van der Waals surface area contributed by atoms with Crippen LogP contribution in [0.25, 0.3) is 0 Å². The second-order valence-electron chi connectivity index (χ2n) is 35.2. The number of ether oxygens (including phenoxy) is 1. The predicted octanol–water partition coefficient (Wildman–Crippen LogP) is 32.1. The maximum Gasteiger partial charge on any atom is 0.374 e. The number of fused-ring (bicyclic) bond motifs is 1. The van der Waals surface area contributed by atoms with Gasteiger partial charge >= 0.3 is 103 Å². The summed E-state index contributed by atoms with van der Waals surface area (Å²) in [5.74, 6) is 1.35. The zero-order chi connectivity index (χ0) is 101. The van der Waals surface area contributed by atoms with Gasteiger partial charge in [0.25, 0.3) is 0 Å². The van der Waals surface area contributed by atoms with E-state index in [2.05, 4.69) is 164 Å². The van der Waals surface area contributed by atoms with Crippen molar-refractivity contribution in [2.24, 2.45) is 11.8 Å². The van der Waals surface area contributed by atoms with Gasteiger partial charge in [-0.3, -0.25) is 0 Å². The lowest BCUT2D eigenvalue weighted by atomic mass is 9.88. The number of hydrogen-bond acceptors (Lipinski definition) is 25. The lowest BCUT2D eigenvalue weighted by Gasteiger charge is -2.42. The summed E-state index contributed by atoms with van der Waals surface area (Å²) in [4.78, 5) is 0. The molecule has 1 aromatic rings. The van der Waals surface area contributed by atoms with E-state index in [1.54, 1.807) is 0 Å². The van der Waals surface area contributed by atoms with Gasteiger partial charge in [0.05, 0.1) is 12.2 Å². The maximum absolute atomic E-state index is 6.39. The van der Waals surface area contributed by atoms with Crippen molar-refractivity contribution in [3.8, 4) is 0 Å². The second-order valence-corrected chi connectivity index (χ2v) is 77.7. The highest BCUT2D eigenvalue weighted by atomic mass is 28.4. The topological polar surface area (TPSA) is 234 Å². The summed E-state index contributed by atoms with van der Waals surface area (Å²) in [5.41, 5.74) is 7.21. The molecular formula is C110H254O25Si12. The van der Waals surface area contributed by atoms with Crippen molar-refractivity contribution in [2.75, 3.05) is 159 Å². The SMILES string of the molecule is C.C.C.C.C.C.C.C.C.C.C.C.C.C=CC[Si](C[Si](C)(OCC)OCC)(OCC)OCC.CCO[Si](C)(C[Si](CCC1CCC2OC2C1)(OCC)OCC)OCC.CCO[Si](C)(C[Si](OCC)(OCC)C1=CC=C(C(C)C)CC1)OCC.CCO[Si](C)(C[Si](OCC)(OCC)C1C=CC=C1)OCC.CCO[Si](C)(C[Si](OCC)(OCC)C1CCCCC1)OCC.CCO[Si](C)(C[Si](OCC)(OCC)c1ccccc1)OCC. The summed E-state index contributed by atoms with van der Waals surface area (Å²) < 4.78 is 154. The summed E-state index contributed by atoms with van der Waals surface area (Å²) in [6, 6.07) is 12.1. The molecule has 0 N–H and O–H groups in total. The fraction of sp³-hybridized carbons (Fsp3) is 0.855. The van der Waals surface area contributed by atoms with Crippen molar-refractivity contribution >= 4 is 108 Å². The summed E-state index contributed by atoms with van der Waals surface area (Å²) in [6.45, 7) is 86.2. The molecule has 2 saturated carbocycles. The van der Waals surface area contributed by atoms with Gasteiger partial charge in [0.2, 0.25) is 0 Å². The van der Waals surface area contributed by atoms with Gasteiger partial charge in [0.1, 0.15) is 0 Å². The van der Waals surface area contributed by atoms with Crippen LogP contribution in [0.4, 0.5) is 0 Å². The van der Waals surface area contributed by atoms with Crippen molar-refractivity contribution in [3.63, 3.8) is 0 Å². The Morgan fingerprint density at radius 3 is 0.925 bits per heavy atom. The number of epoxide rings is 1. The van der Waals surface area contributed by atoms with E-state index in [4.69, 9.17) is 111 Å². The van der Waals surface area contributed by atoms with Crippen LogP contribution in [0.3, 0.4) is 0 Å². The predicted molar refractivity (Wildman–Crippen MR) is 665 cm³/mol. The van der Waals surface area contributed by atoms with Gasteiger partial charge in [-0.1, -0.05) is 208 Å². The summed E-state index contributed by atoms with van der Waals surface area (Å²) >= 11 is 0. The highest BCUT2D eigenvalue weighted by Gasteiger charge is 2.58. The van der Waals surface area contributed by atoms with Crippen LogP contribution in [0.2, 0.25) is 96.5 Å². The number of rotatable bonds is 70. The van der Waals surface area contributed by atoms with E-state index in [-0.39, 0.29) is 102 Å². The van der Waals surface area contributed by atoms with Crippen LogP contribution >= 0.6 is 0 Å². The van der Waals surface area contributed by atoms with Gasteiger partial charge < -0.3 is 111 Å². The molecule has 3 unspecified atom stereocenters. The molecule has 1 aliphatic heterocycles. The summed E-state index contributed by atoms with van der Waals surface area (Å²) in [5, 5.41) is 2.50. The Kier molecular flexibility index (Phi) is 113. The first-order valence-electron chi connectivity index (χ1n) is 52.4. The van der Waals surface area contributed by atoms with Crippen LogP contribution in [0.1, 0.15) is 347 Å². The van der Waals surface area contributed by atoms with Crippen LogP contribution in [0.5, 0.6) is 0 Å². The Morgan fingerprint density at radius 1 is 0.313 bits per heavy atom. The summed E-state index contributed by atoms with van der Waals surface area (Å²) in [7, 11) is -28.1. The molecule has 0 bridgehead atoms. The fourth-order valence-electron chi connectivity index (χ4n) is 19.6. The first kappa shape index (κ1) is 174. The van der Waals surface area contributed by atoms with Crippen LogP contribution in [-0.2, 0) is 111 Å². The minimum atomic E-state index is -2.57. The van der Waals surface area contributed by atoms with Crippen LogP contribution < -0.4 is 5.19 Å². The number of hydrogen-bond donors (Lipinski definition) is 0. The minimum Gasteiger partial charge on any atom is -0.395 e. The van der Waals surface area contributed by atoms with E-state index in [9.17, 15) is 0 Å². The lowest BCUT2D eigenvalue weighted by molar-refractivity contribution is 0.152. The quantitative estimate of drug-likeness (QED) is 0.0335. The zero-order valence-electron chi connectivity index (χ0n) is 91.2. The van der Waals surface area contributed by atoms with Gasteiger partial charge in [-0.2, -0.15) is 0 Å². The average Bonchev–Trinajstić information content (AvgIpc) is 1.69. The highest BCUT2D eigenvalue weighted by Crippen LogP contribution is 2.46. The Bertz CT molecular complexity index is 3150. The Balaban J connectivity index is -0.000000131. The Labute approximate surface area is 928 Å². The largest absolute Gasteiger partial charge is 0.395 e. The average molecular weight is 2310 g/mol. The van der Waals surface area contributed by atoms with E-state index in [1.165, 1.54) is 68.6 Å². The van der Waals surface area contributed by atoms with Crippen LogP contribution in [0.15, 0.2) is 90.2 Å². The smallest absolute Gasteiger partial charge is 0.374 e. The molecule has 0 aromatic heterocycles. The molecule has 0 amide bonds. The molecule has 37 heteroatoms. The molecule has 3 fully saturated rings. The third kappa shape index (κ3) is 63.4. The second kappa shape index (κ2) is 95.4. The minimum absolute atomic E-state index is 0. The third-order valence-electron chi connectivity index (χ3n) is 24.1. The first-order chi connectivity index (χ1) is 64.0. The fourth-order valence-corrected chi connectivity index (χ4v) is 77.5. The normalized spacial score (nSPS) is 15.7. The van der Waals surface area contributed by atoms with Crippen molar-refractivity contribution in [2.45, 2.75) is 456 Å². The zero-order valence-corrected chi connectivity index (χ0v) is 103. The van der Waals surface area contributed by atoms with E-state index >= 15 is 0 Å². The van der Waals surface area contributed by atoms with Crippen molar-refractivity contribution in [1.82, 2.24) is 0 Å². The molecule has 147 heavy (non-hydrogen) atoms. The molecule has 1 aromatic carbocycles. The summed E-state index contributed by atoms with van der Waals surface area (Å²) in [6.07, 6.45) is 29.6. The van der Waals surface area contributed by atoms with Gasteiger partial charge in [0, 0.05) is 210 Å². The first-order valence-corrected chi connectivity index (χ1v) is 80.3. The maximum atomic E-state index is 6.39. The van der Waals surface area contributed by atoms with E-state index in [1.807, 2.05) is 135 Å². The standard InChI is InChI=1S/C19H38O4Si2.C18H38O5Si2.C16H36O4Si2.C16H30O4Si2.C15H30O4Si2.C13H30O4Si2.13CH4/c1-8-20-24(7,21-9-2)16-25(22-10-3,23-11-4)19-14-12-18(13-15-19)17(5)6;1-6-19-24(5,20-7-2)15-25(21-8-3,22-9-4)13-12-16-10-11-17-18(14-16)23-17;2*1-6-17-21(5,18-7-2)15-22(19-8-3,20-9-4)16-13-11-10-12-14-16;1-6-16-20(5,17-7-2)14-21(18-8-3,19-9-4)15-12-10-11-13-15;1-7-12-19(16-10-4,17-11-5)13-18(6,14-8-2)15-9-3;;;;;;;;;;;;;/h12,14,17H,8-11,13,15-16H2,1-7H3;16-18H,6-15H2,1-5H3;16H,6-15H2,1-5H3;10-14H,6-9,15H2,1-5H3;10-13,15H,6-9,14H2,1-5H3;7H,1,8-13H2,2-6H3;13*1H4. The van der Waals surface area contributed by atoms with Crippen molar-refractivity contribution in [3.05, 3.63) is 90.2 Å².